The maximum absolute atomic E-state index is 6.13. The molecule has 4 nitrogen and oxygen atoms in total. The van der Waals surface area contributed by atoms with Crippen molar-refractivity contribution in [2.24, 2.45) is 0 Å². The third-order valence-corrected chi connectivity index (χ3v) is 3.77. The molecular weight excluding hydrogens is 236 g/mol. The van der Waals surface area contributed by atoms with Crippen molar-refractivity contribution in [2.75, 3.05) is 0 Å². The lowest BCUT2D eigenvalue weighted by Gasteiger charge is -2.10. The predicted molar refractivity (Wildman–Crippen MR) is 68.6 cm³/mol. The van der Waals surface area contributed by atoms with Crippen LogP contribution >= 0.6 is 11.6 Å². The zero-order chi connectivity index (χ0) is 12.6. The van der Waals surface area contributed by atoms with Crippen LogP contribution in [0, 0.1) is 13.8 Å². The standard InChI is InChI=1S/C12H17ClN4/c1-5-9(6-2)12-15-14-11-8(4)7(3)10(13)16-17(11)12/h9H,5-6H2,1-4H3. The summed E-state index contributed by atoms with van der Waals surface area (Å²) in [7, 11) is 0. The van der Waals surface area contributed by atoms with Crippen LogP contribution in [0.4, 0.5) is 0 Å². The average Bonchev–Trinajstić information content (AvgIpc) is 2.72. The molecule has 0 aliphatic carbocycles. The molecule has 0 aliphatic heterocycles. The van der Waals surface area contributed by atoms with Crippen molar-refractivity contribution in [3.8, 4) is 0 Å². The number of hydrogen-bond acceptors (Lipinski definition) is 3. The first-order valence-corrected chi connectivity index (χ1v) is 6.35. The van der Waals surface area contributed by atoms with Crippen molar-refractivity contribution in [2.45, 2.75) is 46.5 Å². The van der Waals surface area contributed by atoms with E-state index in [0.29, 0.717) is 11.1 Å². The normalized spacial score (nSPS) is 11.6. The number of hydrogen-bond donors (Lipinski definition) is 0. The molecule has 5 heteroatoms. The minimum atomic E-state index is 0.385. The van der Waals surface area contributed by atoms with Gasteiger partial charge in [-0.25, -0.2) is 0 Å². The molecule has 2 rings (SSSR count). The van der Waals surface area contributed by atoms with Crippen molar-refractivity contribution in [3.63, 3.8) is 0 Å². The van der Waals surface area contributed by atoms with E-state index in [2.05, 4.69) is 29.1 Å². The molecule has 0 unspecified atom stereocenters. The fraction of sp³-hybridized carbons (Fsp3) is 0.583. The molecule has 17 heavy (non-hydrogen) atoms. The molecule has 0 fully saturated rings. The summed E-state index contributed by atoms with van der Waals surface area (Å²) in [5, 5.41) is 13.4. The van der Waals surface area contributed by atoms with Gasteiger partial charge in [-0.2, -0.15) is 9.61 Å². The minimum Gasteiger partial charge on any atom is -0.195 e. The molecular formula is C12H17ClN4. The van der Waals surface area contributed by atoms with Crippen LogP contribution in [-0.2, 0) is 0 Å². The fourth-order valence-electron chi connectivity index (χ4n) is 2.02. The number of fused-ring (bicyclic) bond motifs is 1. The molecule has 0 amide bonds. The maximum atomic E-state index is 6.13. The van der Waals surface area contributed by atoms with Gasteiger partial charge < -0.3 is 0 Å². The van der Waals surface area contributed by atoms with Gasteiger partial charge in [-0.3, -0.25) is 0 Å². The Morgan fingerprint density at radius 1 is 1.12 bits per heavy atom. The van der Waals surface area contributed by atoms with E-state index in [1.807, 2.05) is 13.8 Å². The second-order valence-electron chi connectivity index (χ2n) is 4.35. The first-order valence-electron chi connectivity index (χ1n) is 5.98. The highest BCUT2D eigenvalue weighted by molar-refractivity contribution is 6.30. The molecule has 0 aromatic carbocycles. The number of halogens is 1. The number of aromatic nitrogens is 4. The van der Waals surface area contributed by atoms with E-state index in [0.717, 1.165) is 35.4 Å². The monoisotopic (exact) mass is 252 g/mol. The minimum absolute atomic E-state index is 0.385. The molecule has 0 radical (unpaired) electrons. The summed E-state index contributed by atoms with van der Waals surface area (Å²) in [6, 6.07) is 0. The van der Waals surface area contributed by atoms with Crippen molar-refractivity contribution >= 4 is 17.2 Å². The molecule has 92 valence electrons. The summed E-state index contributed by atoms with van der Waals surface area (Å²) < 4.78 is 1.79. The zero-order valence-corrected chi connectivity index (χ0v) is 11.4. The van der Waals surface area contributed by atoms with Crippen LogP contribution in [0.2, 0.25) is 5.15 Å². The largest absolute Gasteiger partial charge is 0.195 e. The molecule has 0 saturated carbocycles. The van der Waals surface area contributed by atoms with Gasteiger partial charge in [0, 0.05) is 11.5 Å². The van der Waals surface area contributed by atoms with Gasteiger partial charge in [-0.05, 0) is 32.3 Å². The first-order chi connectivity index (χ1) is 8.10. The van der Waals surface area contributed by atoms with Gasteiger partial charge in [0.2, 0.25) is 0 Å². The third-order valence-electron chi connectivity index (χ3n) is 3.41. The molecule has 2 aromatic heterocycles. The summed E-state index contributed by atoms with van der Waals surface area (Å²) in [6.07, 6.45) is 2.06. The van der Waals surface area contributed by atoms with Gasteiger partial charge in [0.1, 0.15) is 0 Å². The van der Waals surface area contributed by atoms with Crippen LogP contribution < -0.4 is 0 Å². The zero-order valence-electron chi connectivity index (χ0n) is 10.7. The highest BCUT2D eigenvalue weighted by atomic mass is 35.5. The Bertz CT molecular complexity index is 543. The van der Waals surface area contributed by atoms with Crippen LogP contribution in [0.5, 0.6) is 0 Å². The van der Waals surface area contributed by atoms with Crippen LogP contribution in [0.25, 0.3) is 5.65 Å². The topological polar surface area (TPSA) is 43.1 Å². The van der Waals surface area contributed by atoms with E-state index in [4.69, 9.17) is 11.6 Å². The number of nitrogens with zero attached hydrogens (tertiary/aromatic N) is 4. The van der Waals surface area contributed by atoms with Crippen LogP contribution in [0.15, 0.2) is 0 Å². The molecule has 0 aliphatic rings. The van der Waals surface area contributed by atoms with E-state index >= 15 is 0 Å². The molecule has 0 saturated heterocycles. The summed E-state index contributed by atoms with van der Waals surface area (Å²) in [5.74, 6) is 1.30. The lowest BCUT2D eigenvalue weighted by Crippen LogP contribution is -2.06. The molecule has 0 bridgehead atoms. The molecule has 0 atom stereocenters. The first kappa shape index (κ1) is 12.3. The Labute approximate surface area is 106 Å². The molecule has 2 heterocycles. The van der Waals surface area contributed by atoms with E-state index in [-0.39, 0.29) is 0 Å². The van der Waals surface area contributed by atoms with E-state index < -0.39 is 0 Å². The molecule has 0 spiro atoms. The second kappa shape index (κ2) is 4.61. The third kappa shape index (κ3) is 1.90. The van der Waals surface area contributed by atoms with Crippen molar-refractivity contribution < 1.29 is 0 Å². The predicted octanol–water partition coefficient (Wildman–Crippen LogP) is 3.30. The van der Waals surface area contributed by atoms with Gasteiger partial charge in [-0.15, -0.1) is 10.2 Å². The quantitative estimate of drug-likeness (QED) is 0.842. The summed E-state index contributed by atoms with van der Waals surface area (Å²) in [4.78, 5) is 0. The second-order valence-corrected chi connectivity index (χ2v) is 4.71. The van der Waals surface area contributed by atoms with Crippen molar-refractivity contribution in [1.82, 2.24) is 19.8 Å². The number of aryl methyl sites for hydroxylation is 1. The summed E-state index contributed by atoms with van der Waals surface area (Å²) in [6.45, 7) is 8.26. The van der Waals surface area contributed by atoms with Gasteiger partial charge in [0.05, 0.1) is 0 Å². The lowest BCUT2D eigenvalue weighted by atomic mass is 10.0. The van der Waals surface area contributed by atoms with Gasteiger partial charge in [0.15, 0.2) is 16.6 Å². The fourth-order valence-corrected chi connectivity index (χ4v) is 2.24. The summed E-state index contributed by atoms with van der Waals surface area (Å²) >= 11 is 6.13. The van der Waals surface area contributed by atoms with Crippen LogP contribution in [0.3, 0.4) is 0 Å². The molecule has 0 N–H and O–H groups in total. The summed E-state index contributed by atoms with van der Waals surface area (Å²) in [5.41, 5.74) is 2.84. The van der Waals surface area contributed by atoms with Crippen molar-refractivity contribution in [3.05, 3.63) is 22.1 Å². The highest BCUT2D eigenvalue weighted by Gasteiger charge is 2.18. The Kier molecular flexibility index (Phi) is 3.33. The smallest absolute Gasteiger partial charge is 0.181 e. The average molecular weight is 253 g/mol. The highest BCUT2D eigenvalue weighted by Crippen LogP contribution is 2.25. The maximum Gasteiger partial charge on any atom is 0.181 e. The van der Waals surface area contributed by atoms with E-state index in [1.54, 1.807) is 4.52 Å². The SMILES string of the molecule is CCC(CC)c1nnc2c(C)c(C)c(Cl)nn12. The van der Waals surface area contributed by atoms with E-state index in [9.17, 15) is 0 Å². The lowest BCUT2D eigenvalue weighted by molar-refractivity contribution is 0.582. The van der Waals surface area contributed by atoms with Gasteiger partial charge >= 0.3 is 0 Å². The Morgan fingerprint density at radius 3 is 2.35 bits per heavy atom. The van der Waals surface area contributed by atoms with Crippen molar-refractivity contribution in [1.29, 1.82) is 0 Å². The Hall–Kier alpha value is -1.16. The van der Waals surface area contributed by atoms with E-state index in [1.165, 1.54) is 0 Å². The van der Waals surface area contributed by atoms with Crippen LogP contribution in [-0.4, -0.2) is 19.8 Å². The number of rotatable bonds is 3. The van der Waals surface area contributed by atoms with Gasteiger partial charge in [0.25, 0.3) is 0 Å². The molecule has 2 aromatic rings. The van der Waals surface area contributed by atoms with Gasteiger partial charge in [-0.1, -0.05) is 25.4 Å². The Balaban J connectivity index is 2.69. The Morgan fingerprint density at radius 2 is 1.76 bits per heavy atom. The van der Waals surface area contributed by atoms with Crippen LogP contribution in [0.1, 0.15) is 49.6 Å².